The maximum atomic E-state index is 10.1. The molecular weight excluding hydrogens is 274 g/mol. The average molecular weight is 303 g/mol. The Hall–Kier alpha value is -1.61. The molecule has 1 aromatic carbocycles. The maximum absolute atomic E-state index is 10.1. The molecule has 1 heterocycles. The first kappa shape index (κ1) is 18.4. The van der Waals surface area contributed by atoms with Gasteiger partial charge in [0, 0.05) is 17.2 Å². The first-order valence-corrected chi connectivity index (χ1v) is 7.85. The number of carboxylic acids is 1. The van der Waals surface area contributed by atoms with Crippen LogP contribution in [-0.2, 0) is 4.79 Å². The fraction of sp³-hybridized carbons (Fsp3) is 0.526. The lowest BCUT2D eigenvalue weighted by molar-refractivity contribution is -0.131. The van der Waals surface area contributed by atoms with Gasteiger partial charge in [0.15, 0.2) is 0 Å². The highest BCUT2D eigenvalue weighted by Crippen LogP contribution is 2.31. The normalized spacial score (nSPS) is 20.2. The van der Waals surface area contributed by atoms with Crippen molar-refractivity contribution in [3.05, 3.63) is 42.0 Å². The molecule has 122 valence electrons. The molecular formula is C19H29NO2. The van der Waals surface area contributed by atoms with E-state index in [4.69, 9.17) is 5.11 Å². The number of carboxylic acid groups (broad SMARTS) is 1. The maximum Gasteiger partial charge on any atom is 0.328 e. The number of benzene rings is 1. The second-order valence-electron chi connectivity index (χ2n) is 7.49. The lowest BCUT2D eigenvalue weighted by atomic mass is 9.77. The number of hydrogen-bond acceptors (Lipinski definition) is 2. The topological polar surface area (TPSA) is 49.3 Å². The monoisotopic (exact) mass is 303 g/mol. The van der Waals surface area contributed by atoms with E-state index in [0.717, 1.165) is 17.6 Å². The summed E-state index contributed by atoms with van der Waals surface area (Å²) in [5, 5.41) is 12.0. The van der Waals surface area contributed by atoms with E-state index in [1.807, 2.05) is 30.3 Å². The van der Waals surface area contributed by atoms with E-state index >= 15 is 0 Å². The van der Waals surface area contributed by atoms with Gasteiger partial charge < -0.3 is 10.4 Å². The molecule has 0 bridgehead atoms. The second-order valence-corrected chi connectivity index (χ2v) is 7.49. The van der Waals surface area contributed by atoms with Crippen LogP contribution in [-0.4, -0.2) is 22.2 Å². The second kappa shape index (κ2) is 7.59. The molecule has 0 aromatic heterocycles. The van der Waals surface area contributed by atoms with E-state index in [9.17, 15) is 4.79 Å². The van der Waals surface area contributed by atoms with Gasteiger partial charge in [-0.05, 0) is 58.1 Å². The van der Waals surface area contributed by atoms with Gasteiger partial charge in [0.1, 0.15) is 0 Å². The van der Waals surface area contributed by atoms with Crippen LogP contribution in [0.5, 0.6) is 0 Å². The molecule has 0 spiro atoms. The first-order chi connectivity index (χ1) is 10.1. The Morgan fingerprint density at radius 2 is 1.64 bits per heavy atom. The zero-order valence-corrected chi connectivity index (χ0v) is 14.4. The molecule has 0 amide bonds. The Morgan fingerprint density at radius 1 is 1.14 bits per heavy atom. The predicted octanol–water partition coefficient (Wildman–Crippen LogP) is 4.35. The van der Waals surface area contributed by atoms with E-state index in [2.05, 4.69) is 39.9 Å². The fourth-order valence-electron chi connectivity index (χ4n) is 3.56. The van der Waals surface area contributed by atoms with Gasteiger partial charge in [0.2, 0.25) is 0 Å². The van der Waals surface area contributed by atoms with Gasteiger partial charge >= 0.3 is 5.97 Å². The summed E-state index contributed by atoms with van der Waals surface area (Å²) >= 11 is 0. The average Bonchev–Trinajstić information content (AvgIpc) is 2.34. The summed E-state index contributed by atoms with van der Waals surface area (Å²) < 4.78 is 0. The molecule has 3 heteroatoms. The van der Waals surface area contributed by atoms with Crippen molar-refractivity contribution < 1.29 is 9.90 Å². The molecule has 1 aliphatic heterocycles. The van der Waals surface area contributed by atoms with Crippen molar-refractivity contribution in [1.29, 1.82) is 0 Å². The van der Waals surface area contributed by atoms with E-state index in [0.29, 0.717) is 11.1 Å². The van der Waals surface area contributed by atoms with Crippen molar-refractivity contribution in [1.82, 2.24) is 5.32 Å². The smallest absolute Gasteiger partial charge is 0.328 e. The molecule has 0 aliphatic carbocycles. The lowest BCUT2D eigenvalue weighted by Gasteiger charge is -2.45. The molecule has 1 fully saturated rings. The molecule has 1 saturated heterocycles. The Kier molecular flexibility index (Phi) is 6.36. The summed E-state index contributed by atoms with van der Waals surface area (Å²) in [5.41, 5.74) is 1.57. The van der Waals surface area contributed by atoms with Crippen LogP contribution >= 0.6 is 0 Å². The van der Waals surface area contributed by atoms with E-state index in [-0.39, 0.29) is 0 Å². The number of hydrogen-bond donors (Lipinski definition) is 2. The third-order valence-corrected chi connectivity index (χ3v) is 3.61. The van der Waals surface area contributed by atoms with Crippen molar-refractivity contribution in [3.8, 4) is 0 Å². The predicted molar refractivity (Wildman–Crippen MR) is 92.8 cm³/mol. The summed E-state index contributed by atoms with van der Waals surface area (Å²) in [6.45, 7) is 11.5. The van der Waals surface area contributed by atoms with Gasteiger partial charge in [-0.15, -0.1) is 0 Å². The van der Waals surface area contributed by atoms with Gasteiger partial charge in [-0.1, -0.05) is 37.3 Å². The molecule has 0 saturated carbocycles. The Bertz CT molecular complexity index is 487. The molecule has 2 rings (SSSR count). The largest absolute Gasteiger partial charge is 0.478 e. The highest BCUT2D eigenvalue weighted by Gasteiger charge is 2.35. The lowest BCUT2D eigenvalue weighted by Crippen LogP contribution is -2.57. The molecule has 0 unspecified atom stereocenters. The van der Waals surface area contributed by atoms with Crippen molar-refractivity contribution in [2.24, 2.45) is 5.92 Å². The highest BCUT2D eigenvalue weighted by atomic mass is 16.4. The van der Waals surface area contributed by atoms with Crippen LogP contribution in [0.25, 0.3) is 6.08 Å². The van der Waals surface area contributed by atoms with Crippen LogP contribution in [0.4, 0.5) is 0 Å². The Morgan fingerprint density at radius 3 is 2.05 bits per heavy atom. The van der Waals surface area contributed by atoms with E-state index in [1.165, 1.54) is 12.8 Å². The minimum atomic E-state index is -0.922. The molecule has 0 atom stereocenters. The molecule has 0 radical (unpaired) electrons. The molecule has 2 N–H and O–H groups in total. The fourth-order valence-corrected chi connectivity index (χ4v) is 3.56. The number of nitrogens with one attached hydrogen (secondary N) is 1. The van der Waals surface area contributed by atoms with Gasteiger partial charge in [-0.3, -0.25) is 0 Å². The Labute approximate surface area is 134 Å². The van der Waals surface area contributed by atoms with Gasteiger partial charge in [0.05, 0.1) is 0 Å². The number of carbonyl (C=O) groups is 1. The summed E-state index contributed by atoms with van der Waals surface area (Å²) in [6.07, 6.45) is 5.28. The first-order valence-electron chi connectivity index (χ1n) is 7.85. The zero-order chi connectivity index (χ0) is 16.8. The molecule has 1 aliphatic rings. The van der Waals surface area contributed by atoms with Crippen LogP contribution in [0.1, 0.15) is 53.0 Å². The van der Waals surface area contributed by atoms with E-state index < -0.39 is 5.97 Å². The van der Waals surface area contributed by atoms with Crippen LogP contribution in [0, 0.1) is 5.92 Å². The van der Waals surface area contributed by atoms with Gasteiger partial charge in [-0.2, -0.15) is 0 Å². The van der Waals surface area contributed by atoms with Crippen LogP contribution < -0.4 is 5.32 Å². The third kappa shape index (κ3) is 7.41. The zero-order valence-electron chi connectivity index (χ0n) is 14.4. The Balaban J connectivity index is 0.000000220. The van der Waals surface area contributed by atoms with Crippen molar-refractivity contribution in [2.75, 3.05) is 0 Å². The molecule has 1 aromatic rings. The van der Waals surface area contributed by atoms with Crippen molar-refractivity contribution in [2.45, 2.75) is 58.5 Å². The highest BCUT2D eigenvalue weighted by molar-refractivity contribution is 5.85. The quantitative estimate of drug-likeness (QED) is 0.799. The van der Waals surface area contributed by atoms with Crippen LogP contribution in [0.15, 0.2) is 36.4 Å². The third-order valence-electron chi connectivity index (χ3n) is 3.61. The number of rotatable bonds is 2. The molecule has 22 heavy (non-hydrogen) atoms. The van der Waals surface area contributed by atoms with Crippen molar-refractivity contribution in [3.63, 3.8) is 0 Å². The summed E-state index contributed by atoms with van der Waals surface area (Å²) in [4.78, 5) is 10.1. The van der Waals surface area contributed by atoms with Gasteiger partial charge in [-0.25, -0.2) is 4.79 Å². The minimum Gasteiger partial charge on any atom is -0.478 e. The summed E-state index contributed by atoms with van der Waals surface area (Å²) in [5.74, 6) is -0.0601. The van der Waals surface area contributed by atoms with Crippen LogP contribution in [0.3, 0.4) is 0 Å². The minimum absolute atomic E-state index is 0.334. The summed E-state index contributed by atoms with van der Waals surface area (Å²) in [7, 11) is 0. The van der Waals surface area contributed by atoms with Crippen LogP contribution in [0.2, 0.25) is 0 Å². The standard InChI is InChI=1S/C10H21N.C9H8O2/c1-8-6-9(2,3)11-10(4,5)7-8;10-9(11)7-6-8-4-2-1-3-5-8/h8,11H,6-7H2,1-5H3;1-7H,(H,10,11). The number of aliphatic carboxylic acids is 1. The summed E-state index contributed by atoms with van der Waals surface area (Å²) in [6, 6.07) is 9.31. The van der Waals surface area contributed by atoms with Crippen molar-refractivity contribution >= 4 is 12.0 Å². The number of piperidine rings is 1. The SMILES string of the molecule is CC1CC(C)(C)NC(C)(C)C1.O=C(O)C=Cc1ccccc1. The molecule has 3 nitrogen and oxygen atoms in total. The van der Waals surface area contributed by atoms with E-state index in [1.54, 1.807) is 6.08 Å². The van der Waals surface area contributed by atoms with Gasteiger partial charge in [0.25, 0.3) is 0 Å².